The number of morpholine rings is 1. The minimum Gasteiger partial charge on any atom is -0.369 e. The molecule has 6 nitrogen and oxygen atoms in total. The second kappa shape index (κ2) is 7.04. The maximum Gasteiger partial charge on any atom is 0.266 e. The number of pyridine rings is 1. The summed E-state index contributed by atoms with van der Waals surface area (Å²) in [5.41, 5.74) is 1.16. The summed E-state index contributed by atoms with van der Waals surface area (Å²) >= 11 is 0. The van der Waals surface area contributed by atoms with E-state index in [0.717, 1.165) is 0 Å². The number of hydrogen-bond acceptors (Lipinski definition) is 5. The van der Waals surface area contributed by atoms with Gasteiger partial charge in [0.05, 0.1) is 13.2 Å². The van der Waals surface area contributed by atoms with Gasteiger partial charge in [-0.25, -0.2) is 18.7 Å². The van der Waals surface area contributed by atoms with Gasteiger partial charge in [0.25, 0.3) is 12.0 Å². The first kappa shape index (κ1) is 16.5. The molecule has 1 N–H and O–H groups in total. The Morgan fingerprint density at radius 1 is 1.46 bits per heavy atom. The molecule has 0 radical (unpaired) electrons. The third-order valence-electron chi connectivity index (χ3n) is 3.88. The molecule has 2 aromatic rings. The van der Waals surface area contributed by atoms with Crippen molar-refractivity contribution in [1.82, 2.24) is 15.0 Å². The van der Waals surface area contributed by atoms with Crippen LogP contribution in [0.25, 0.3) is 11.4 Å². The van der Waals surface area contributed by atoms with Crippen molar-refractivity contribution in [3.8, 4) is 11.4 Å². The van der Waals surface area contributed by atoms with Gasteiger partial charge in [0.15, 0.2) is 0 Å². The van der Waals surface area contributed by atoms with Crippen LogP contribution >= 0.6 is 0 Å². The van der Waals surface area contributed by atoms with Gasteiger partial charge < -0.3 is 14.6 Å². The quantitative estimate of drug-likeness (QED) is 0.923. The molecule has 8 heteroatoms. The molecular formula is C16H18F2N4O2. The summed E-state index contributed by atoms with van der Waals surface area (Å²) < 4.78 is 30.6. The summed E-state index contributed by atoms with van der Waals surface area (Å²) in [6.45, 7) is 2.77. The Labute approximate surface area is 137 Å². The number of aryl methyl sites for hydroxylation is 1. The molecule has 1 fully saturated rings. The molecule has 1 saturated heterocycles. The Balaban J connectivity index is 1.81. The van der Waals surface area contributed by atoms with Crippen LogP contribution in [0.4, 0.5) is 14.6 Å². The molecule has 0 bridgehead atoms. The molecule has 0 spiro atoms. The number of ether oxygens (including phenoxy) is 1. The van der Waals surface area contributed by atoms with E-state index in [1.807, 2.05) is 6.92 Å². The zero-order valence-electron chi connectivity index (χ0n) is 13.2. The molecule has 3 rings (SSSR count). The van der Waals surface area contributed by atoms with E-state index < -0.39 is 12.5 Å². The SMILES string of the molecule is CCc1cc(=O)[nH]c(-c2ccc(N3CCOC(C(F)F)C3)nc2)n1. The van der Waals surface area contributed by atoms with Crippen LogP contribution in [0, 0.1) is 0 Å². The zero-order valence-corrected chi connectivity index (χ0v) is 13.2. The van der Waals surface area contributed by atoms with Crippen LogP contribution in [0.1, 0.15) is 12.6 Å². The van der Waals surface area contributed by atoms with Crippen LogP contribution in [0.5, 0.6) is 0 Å². The second-order valence-electron chi connectivity index (χ2n) is 5.53. The summed E-state index contributed by atoms with van der Waals surface area (Å²) in [7, 11) is 0. The smallest absolute Gasteiger partial charge is 0.266 e. The lowest BCUT2D eigenvalue weighted by Gasteiger charge is -2.33. The van der Waals surface area contributed by atoms with E-state index >= 15 is 0 Å². The first-order chi connectivity index (χ1) is 11.6. The highest BCUT2D eigenvalue weighted by atomic mass is 19.3. The first-order valence-corrected chi connectivity index (χ1v) is 7.78. The van der Waals surface area contributed by atoms with Crippen molar-refractivity contribution in [2.45, 2.75) is 25.9 Å². The van der Waals surface area contributed by atoms with E-state index in [4.69, 9.17) is 4.74 Å². The lowest BCUT2D eigenvalue weighted by molar-refractivity contribution is -0.0615. The lowest BCUT2D eigenvalue weighted by Crippen LogP contribution is -2.46. The van der Waals surface area contributed by atoms with Crippen molar-refractivity contribution in [2.75, 3.05) is 24.6 Å². The summed E-state index contributed by atoms with van der Waals surface area (Å²) in [6.07, 6.45) is -1.37. The third-order valence-corrected chi connectivity index (χ3v) is 3.88. The standard InChI is InChI=1S/C16H18F2N4O2/c1-2-11-7-14(23)21-16(20-11)10-3-4-13(19-8-10)22-5-6-24-12(9-22)15(17)18/h3-4,7-8,12,15H,2,5-6,9H2,1H3,(H,20,21,23). The highest BCUT2D eigenvalue weighted by Gasteiger charge is 2.28. The molecule has 0 aliphatic carbocycles. The van der Waals surface area contributed by atoms with Gasteiger partial charge in [-0.15, -0.1) is 0 Å². The van der Waals surface area contributed by atoms with E-state index in [-0.39, 0.29) is 18.7 Å². The van der Waals surface area contributed by atoms with Crippen LogP contribution in [0.2, 0.25) is 0 Å². The molecule has 24 heavy (non-hydrogen) atoms. The number of halogens is 2. The van der Waals surface area contributed by atoms with Gasteiger partial charge in [-0.05, 0) is 18.6 Å². The number of nitrogens with one attached hydrogen (secondary N) is 1. The molecule has 0 saturated carbocycles. The third kappa shape index (κ3) is 3.59. The number of anilines is 1. The molecule has 1 aliphatic rings. The highest BCUT2D eigenvalue weighted by molar-refractivity contribution is 5.56. The lowest BCUT2D eigenvalue weighted by atomic mass is 10.2. The summed E-state index contributed by atoms with van der Waals surface area (Å²) in [6, 6.07) is 4.97. The molecule has 0 aromatic carbocycles. The largest absolute Gasteiger partial charge is 0.369 e. The number of aromatic amines is 1. The highest BCUT2D eigenvalue weighted by Crippen LogP contribution is 2.21. The molecule has 1 atom stereocenters. The molecule has 3 heterocycles. The summed E-state index contributed by atoms with van der Waals surface area (Å²) in [5.74, 6) is 1.05. The van der Waals surface area contributed by atoms with Gasteiger partial charge in [-0.1, -0.05) is 6.92 Å². The number of alkyl halides is 2. The monoisotopic (exact) mass is 336 g/mol. The zero-order chi connectivity index (χ0) is 17.1. The second-order valence-corrected chi connectivity index (χ2v) is 5.53. The first-order valence-electron chi connectivity index (χ1n) is 7.78. The van der Waals surface area contributed by atoms with Crippen molar-refractivity contribution in [1.29, 1.82) is 0 Å². The molecule has 128 valence electrons. The Kier molecular flexibility index (Phi) is 4.84. The number of H-pyrrole nitrogens is 1. The van der Waals surface area contributed by atoms with Crippen LogP contribution in [-0.2, 0) is 11.2 Å². The van der Waals surface area contributed by atoms with Crippen LogP contribution in [0.3, 0.4) is 0 Å². The minimum absolute atomic E-state index is 0.102. The topological polar surface area (TPSA) is 71.1 Å². The maximum absolute atomic E-state index is 12.8. The molecule has 1 aliphatic heterocycles. The van der Waals surface area contributed by atoms with Crippen molar-refractivity contribution in [2.24, 2.45) is 0 Å². The van der Waals surface area contributed by atoms with Crippen molar-refractivity contribution < 1.29 is 13.5 Å². The van der Waals surface area contributed by atoms with E-state index in [1.54, 1.807) is 23.2 Å². The fourth-order valence-electron chi connectivity index (χ4n) is 2.57. The predicted molar refractivity (Wildman–Crippen MR) is 85.4 cm³/mol. The Hall–Kier alpha value is -2.35. The number of nitrogens with zero attached hydrogens (tertiary/aromatic N) is 3. The summed E-state index contributed by atoms with van der Waals surface area (Å²) in [4.78, 5) is 24.8. The molecule has 1 unspecified atom stereocenters. The number of rotatable bonds is 4. The maximum atomic E-state index is 12.8. The van der Waals surface area contributed by atoms with Crippen molar-refractivity contribution in [3.05, 3.63) is 40.4 Å². The minimum atomic E-state index is -2.52. The number of hydrogen-bond donors (Lipinski definition) is 1. The average Bonchev–Trinajstić information content (AvgIpc) is 2.61. The Morgan fingerprint density at radius 3 is 2.96 bits per heavy atom. The van der Waals surface area contributed by atoms with Gasteiger partial charge in [0.1, 0.15) is 17.7 Å². The Bertz CT molecular complexity index is 748. The van der Waals surface area contributed by atoms with Gasteiger partial charge in [-0.2, -0.15) is 0 Å². The summed E-state index contributed by atoms with van der Waals surface area (Å²) in [5, 5.41) is 0. The van der Waals surface area contributed by atoms with E-state index in [9.17, 15) is 13.6 Å². The van der Waals surface area contributed by atoms with E-state index in [1.165, 1.54) is 6.07 Å². The predicted octanol–water partition coefficient (Wildman–Crippen LogP) is 1.86. The molecule has 0 amide bonds. The van der Waals surface area contributed by atoms with Gasteiger partial charge >= 0.3 is 0 Å². The van der Waals surface area contributed by atoms with Gasteiger partial charge in [0, 0.05) is 30.1 Å². The Morgan fingerprint density at radius 2 is 2.29 bits per heavy atom. The van der Waals surface area contributed by atoms with Crippen LogP contribution in [-0.4, -0.2) is 47.2 Å². The number of aromatic nitrogens is 3. The fraction of sp³-hybridized carbons (Fsp3) is 0.438. The van der Waals surface area contributed by atoms with Gasteiger partial charge in [0.2, 0.25) is 0 Å². The molecule has 2 aromatic heterocycles. The van der Waals surface area contributed by atoms with Crippen molar-refractivity contribution in [3.63, 3.8) is 0 Å². The normalized spacial score (nSPS) is 18.2. The van der Waals surface area contributed by atoms with Crippen LogP contribution in [0.15, 0.2) is 29.2 Å². The van der Waals surface area contributed by atoms with E-state index in [2.05, 4.69) is 15.0 Å². The molecular weight excluding hydrogens is 318 g/mol. The van der Waals surface area contributed by atoms with Crippen LogP contribution < -0.4 is 10.5 Å². The fourth-order valence-corrected chi connectivity index (χ4v) is 2.57. The van der Waals surface area contributed by atoms with Crippen molar-refractivity contribution >= 4 is 5.82 Å². The van der Waals surface area contributed by atoms with Gasteiger partial charge in [-0.3, -0.25) is 4.79 Å². The average molecular weight is 336 g/mol. The van der Waals surface area contributed by atoms with E-state index in [0.29, 0.717) is 35.9 Å².